The highest BCUT2D eigenvalue weighted by Crippen LogP contribution is 2.59. The Morgan fingerprint density at radius 2 is 1.72 bits per heavy atom. The Hall–Kier alpha value is -2.23. The molecule has 1 aromatic carbocycles. The summed E-state index contributed by atoms with van der Waals surface area (Å²) >= 11 is 0. The number of ether oxygens (including phenoxy) is 1. The Balaban J connectivity index is 1.16. The van der Waals surface area contributed by atoms with Gasteiger partial charge in [0.25, 0.3) is 5.91 Å². The lowest BCUT2D eigenvalue weighted by atomic mass is 9.49. The van der Waals surface area contributed by atoms with Crippen LogP contribution in [0.3, 0.4) is 0 Å². The summed E-state index contributed by atoms with van der Waals surface area (Å²) in [5.41, 5.74) is 2.78. The summed E-state index contributed by atoms with van der Waals surface area (Å²) in [6, 6.07) is 9.63. The van der Waals surface area contributed by atoms with Gasteiger partial charge in [0.1, 0.15) is 18.1 Å². The molecule has 1 N–H and O–H groups in total. The Bertz CT molecular complexity index is 877. The smallest absolute Gasteiger partial charge is 0.287 e. The number of nitrogens with one attached hydrogen (secondary N) is 1. The van der Waals surface area contributed by atoms with E-state index in [2.05, 4.69) is 25.2 Å². The van der Waals surface area contributed by atoms with E-state index in [4.69, 9.17) is 9.15 Å². The van der Waals surface area contributed by atoms with Crippen molar-refractivity contribution in [2.75, 3.05) is 6.54 Å². The molecule has 4 nitrogen and oxygen atoms in total. The van der Waals surface area contributed by atoms with E-state index >= 15 is 0 Å². The number of hydrogen-bond acceptors (Lipinski definition) is 3. The Morgan fingerprint density at radius 3 is 2.38 bits per heavy atom. The second-order valence-electron chi connectivity index (χ2n) is 9.90. The molecule has 0 saturated heterocycles. The van der Waals surface area contributed by atoms with Crippen LogP contribution in [-0.4, -0.2) is 12.5 Å². The van der Waals surface area contributed by atoms with Crippen LogP contribution >= 0.6 is 0 Å². The summed E-state index contributed by atoms with van der Waals surface area (Å²) in [5, 5.41) is 3.18. The largest absolute Gasteiger partial charge is 0.486 e. The number of hydrogen-bond donors (Lipinski definition) is 1. The maximum atomic E-state index is 12.7. The van der Waals surface area contributed by atoms with E-state index in [1.807, 2.05) is 18.2 Å². The monoisotopic (exact) mass is 393 g/mol. The van der Waals surface area contributed by atoms with Crippen LogP contribution in [0.15, 0.2) is 34.7 Å². The fourth-order valence-electron chi connectivity index (χ4n) is 6.40. The molecule has 154 valence electrons. The predicted octanol–water partition coefficient (Wildman–Crippen LogP) is 5.42. The third-order valence-electron chi connectivity index (χ3n) is 7.53. The second-order valence-corrected chi connectivity index (χ2v) is 9.90. The molecule has 1 aromatic heterocycles. The van der Waals surface area contributed by atoms with Crippen LogP contribution in [-0.2, 0) is 6.61 Å². The van der Waals surface area contributed by atoms with Gasteiger partial charge in [-0.15, -0.1) is 0 Å². The Kier molecular flexibility index (Phi) is 4.68. The van der Waals surface area contributed by atoms with Crippen LogP contribution in [0.5, 0.6) is 5.75 Å². The number of aryl methyl sites for hydroxylation is 2. The van der Waals surface area contributed by atoms with Gasteiger partial charge in [0.15, 0.2) is 5.76 Å². The molecule has 1 amide bonds. The van der Waals surface area contributed by atoms with E-state index < -0.39 is 0 Å². The first-order valence-electron chi connectivity index (χ1n) is 11.0. The van der Waals surface area contributed by atoms with Gasteiger partial charge in [-0.2, -0.15) is 0 Å². The third kappa shape index (κ3) is 3.82. The first-order valence-corrected chi connectivity index (χ1v) is 11.0. The molecule has 0 radical (unpaired) electrons. The van der Waals surface area contributed by atoms with Gasteiger partial charge >= 0.3 is 0 Å². The van der Waals surface area contributed by atoms with E-state index in [0.717, 1.165) is 30.0 Å². The van der Waals surface area contributed by atoms with Crippen LogP contribution in [0.1, 0.15) is 66.0 Å². The molecule has 0 unspecified atom stereocenters. The lowest BCUT2D eigenvalue weighted by Crippen LogP contribution is -2.51. The highest BCUT2D eigenvalue weighted by Gasteiger charge is 2.50. The molecule has 6 rings (SSSR count). The first-order chi connectivity index (χ1) is 14.0. The number of rotatable bonds is 6. The van der Waals surface area contributed by atoms with Crippen molar-refractivity contribution in [1.29, 1.82) is 0 Å². The quantitative estimate of drug-likeness (QED) is 0.713. The minimum Gasteiger partial charge on any atom is -0.486 e. The molecule has 0 spiro atoms. The second kappa shape index (κ2) is 7.23. The van der Waals surface area contributed by atoms with Gasteiger partial charge in [-0.05, 0) is 111 Å². The number of benzene rings is 1. The van der Waals surface area contributed by atoms with E-state index in [1.165, 1.54) is 49.7 Å². The maximum absolute atomic E-state index is 12.7. The predicted molar refractivity (Wildman–Crippen MR) is 112 cm³/mol. The van der Waals surface area contributed by atoms with Gasteiger partial charge in [-0.25, -0.2) is 0 Å². The molecular weight excluding hydrogens is 362 g/mol. The van der Waals surface area contributed by atoms with E-state index in [-0.39, 0.29) is 5.91 Å². The summed E-state index contributed by atoms with van der Waals surface area (Å²) in [7, 11) is 0. The Morgan fingerprint density at radius 1 is 1.03 bits per heavy atom. The lowest BCUT2D eigenvalue weighted by molar-refractivity contribution is -0.0504. The minimum absolute atomic E-state index is 0.0989. The molecule has 4 saturated carbocycles. The summed E-state index contributed by atoms with van der Waals surface area (Å²) in [6.45, 7) is 5.27. The normalized spacial score (nSPS) is 29.8. The topological polar surface area (TPSA) is 51.5 Å². The van der Waals surface area contributed by atoms with Crippen molar-refractivity contribution in [3.63, 3.8) is 0 Å². The molecule has 0 aliphatic heterocycles. The average Bonchev–Trinajstić information content (AvgIpc) is 3.15. The minimum atomic E-state index is -0.0989. The maximum Gasteiger partial charge on any atom is 0.287 e. The number of amides is 1. The zero-order chi connectivity index (χ0) is 20.0. The van der Waals surface area contributed by atoms with E-state index in [0.29, 0.717) is 23.5 Å². The molecule has 4 bridgehead atoms. The third-order valence-corrected chi connectivity index (χ3v) is 7.53. The number of carbonyl (C=O) groups excluding carboxylic acids is 1. The summed E-state index contributed by atoms with van der Waals surface area (Å²) in [6.07, 6.45) is 8.17. The van der Waals surface area contributed by atoms with Gasteiger partial charge in [0.05, 0.1) is 0 Å². The fourth-order valence-corrected chi connectivity index (χ4v) is 6.40. The number of carbonyl (C=O) groups is 1. The molecule has 29 heavy (non-hydrogen) atoms. The van der Waals surface area contributed by atoms with E-state index in [9.17, 15) is 4.79 Å². The zero-order valence-electron chi connectivity index (χ0n) is 17.5. The molecule has 4 fully saturated rings. The lowest BCUT2D eigenvalue weighted by Gasteiger charge is -2.56. The van der Waals surface area contributed by atoms with E-state index in [1.54, 1.807) is 6.07 Å². The van der Waals surface area contributed by atoms with Gasteiger partial charge in [0, 0.05) is 6.54 Å². The van der Waals surface area contributed by atoms with Gasteiger partial charge in [0.2, 0.25) is 0 Å². The average molecular weight is 394 g/mol. The molecule has 4 aliphatic rings. The molecule has 4 heteroatoms. The standard InChI is InChI=1S/C25H31NO3/c1-16-3-4-21(7-17(16)2)28-14-22-5-6-23(29-22)24(27)26-15-25-11-18-8-19(12-25)10-20(9-18)13-25/h3-7,18-20H,8-15H2,1-2H3,(H,26,27). The van der Waals surface area contributed by atoms with Crippen molar-refractivity contribution >= 4 is 5.91 Å². The number of furan rings is 1. The SMILES string of the molecule is Cc1ccc(OCc2ccc(C(=O)NCC34CC5CC(CC(C5)C3)C4)o2)cc1C. The van der Waals surface area contributed by atoms with Crippen molar-refractivity contribution < 1.29 is 13.9 Å². The molecule has 1 heterocycles. The molecule has 2 aromatic rings. The first kappa shape index (κ1) is 18.8. The van der Waals surface area contributed by atoms with Gasteiger partial charge in [-0.1, -0.05) is 6.07 Å². The van der Waals surface area contributed by atoms with Crippen LogP contribution in [0.4, 0.5) is 0 Å². The Labute approximate surface area is 173 Å². The highest BCUT2D eigenvalue weighted by molar-refractivity contribution is 5.91. The fraction of sp³-hybridized carbons (Fsp3) is 0.560. The van der Waals surface area contributed by atoms with Crippen LogP contribution < -0.4 is 10.1 Å². The van der Waals surface area contributed by atoms with Crippen molar-refractivity contribution in [3.8, 4) is 5.75 Å². The summed E-state index contributed by atoms with van der Waals surface area (Å²) in [4.78, 5) is 12.7. The van der Waals surface area contributed by atoms with Crippen molar-refractivity contribution in [3.05, 3.63) is 53.0 Å². The summed E-state index contributed by atoms with van der Waals surface area (Å²) < 4.78 is 11.6. The molecule has 4 aliphatic carbocycles. The molecular formula is C25H31NO3. The van der Waals surface area contributed by atoms with Crippen molar-refractivity contribution in [2.45, 2.75) is 59.0 Å². The van der Waals surface area contributed by atoms with Gasteiger partial charge in [-0.3, -0.25) is 4.79 Å². The van der Waals surface area contributed by atoms with Crippen molar-refractivity contribution in [2.24, 2.45) is 23.2 Å². The highest BCUT2D eigenvalue weighted by atomic mass is 16.5. The summed E-state index contributed by atoms with van der Waals surface area (Å²) in [5.74, 6) is 4.47. The van der Waals surface area contributed by atoms with Crippen LogP contribution in [0.25, 0.3) is 0 Å². The van der Waals surface area contributed by atoms with Gasteiger partial charge < -0.3 is 14.5 Å². The van der Waals surface area contributed by atoms with Crippen molar-refractivity contribution in [1.82, 2.24) is 5.32 Å². The zero-order valence-corrected chi connectivity index (χ0v) is 17.5. The molecule has 0 atom stereocenters. The van der Waals surface area contributed by atoms with Crippen LogP contribution in [0, 0.1) is 37.0 Å². The van der Waals surface area contributed by atoms with Crippen LogP contribution in [0.2, 0.25) is 0 Å².